The predicted octanol–water partition coefficient (Wildman–Crippen LogP) is -0.587. The number of nitrogens with one attached hydrogen (secondary N) is 3. The molecule has 0 spiro atoms. The zero-order valence-corrected chi connectivity index (χ0v) is 17.1. The molecule has 1 fully saturated rings. The van der Waals surface area contributed by atoms with Gasteiger partial charge < -0.3 is 16.0 Å². The summed E-state index contributed by atoms with van der Waals surface area (Å²) in [6, 6.07) is -2.11. The molecule has 2 rings (SSSR count). The molecule has 3 unspecified atom stereocenters. The fourth-order valence-electron chi connectivity index (χ4n) is 2.43. The van der Waals surface area contributed by atoms with Gasteiger partial charge in [0.1, 0.15) is 0 Å². The largest absolute Gasteiger partial charge is 0.357 e. The standard InChI is InChI=1S/C11H14Cl3N3O5S3/c12-11(13,14)9(18)16-7-4-25(21,22)5-8(7)17-10(23)15-6-1-2-24(19,20)3-6/h1-2,6-8H,3-5H2,(H,16,18)(H2,15,17,23). The van der Waals surface area contributed by atoms with Crippen molar-refractivity contribution in [3.8, 4) is 0 Å². The molecule has 0 aromatic carbocycles. The minimum absolute atomic E-state index is 0.0574. The van der Waals surface area contributed by atoms with Gasteiger partial charge in [-0.3, -0.25) is 4.79 Å². The zero-order valence-electron chi connectivity index (χ0n) is 12.4. The van der Waals surface area contributed by atoms with Crippen LogP contribution in [0.5, 0.6) is 0 Å². The molecule has 142 valence electrons. The van der Waals surface area contributed by atoms with E-state index in [4.69, 9.17) is 47.0 Å². The van der Waals surface area contributed by atoms with Crippen LogP contribution in [0.2, 0.25) is 0 Å². The smallest absolute Gasteiger partial charge is 0.272 e. The van der Waals surface area contributed by atoms with Crippen LogP contribution in [0.4, 0.5) is 0 Å². The highest BCUT2D eigenvalue weighted by molar-refractivity contribution is 7.94. The molecule has 14 heteroatoms. The summed E-state index contributed by atoms with van der Waals surface area (Å²) >= 11 is 21.5. The van der Waals surface area contributed by atoms with Crippen molar-refractivity contribution in [3.05, 3.63) is 11.5 Å². The minimum Gasteiger partial charge on any atom is -0.357 e. The summed E-state index contributed by atoms with van der Waals surface area (Å²) in [6.07, 6.45) is 1.44. The SMILES string of the molecule is O=C(NC1CS(=O)(=O)CC1NC(=S)NC1C=CS(=O)(=O)C1)C(Cl)(Cl)Cl. The average molecular weight is 471 g/mol. The number of sulfone groups is 2. The Balaban J connectivity index is 1.99. The van der Waals surface area contributed by atoms with Gasteiger partial charge in [-0.1, -0.05) is 34.8 Å². The van der Waals surface area contributed by atoms with Crippen LogP contribution in [0.15, 0.2) is 11.5 Å². The van der Waals surface area contributed by atoms with Crippen molar-refractivity contribution in [1.82, 2.24) is 16.0 Å². The summed E-state index contributed by atoms with van der Waals surface area (Å²) < 4.78 is 44.2. The molecule has 1 amide bonds. The molecule has 0 aliphatic carbocycles. The van der Waals surface area contributed by atoms with E-state index in [1.807, 2.05) is 0 Å². The summed E-state index contributed by atoms with van der Waals surface area (Å²) in [6.45, 7) is 0. The molecule has 2 heterocycles. The van der Waals surface area contributed by atoms with Crippen molar-refractivity contribution < 1.29 is 21.6 Å². The van der Waals surface area contributed by atoms with Crippen molar-refractivity contribution in [3.63, 3.8) is 0 Å². The highest BCUT2D eigenvalue weighted by Crippen LogP contribution is 2.26. The van der Waals surface area contributed by atoms with Crippen LogP contribution in [-0.4, -0.2) is 67.0 Å². The fourth-order valence-corrected chi connectivity index (χ4v) is 5.99. The lowest BCUT2D eigenvalue weighted by atomic mass is 10.2. The number of hydrogen-bond acceptors (Lipinski definition) is 6. The molecule has 2 aliphatic heterocycles. The number of hydrogen-bond donors (Lipinski definition) is 3. The van der Waals surface area contributed by atoms with Gasteiger partial charge in [0.05, 0.1) is 35.4 Å². The number of amides is 1. The Morgan fingerprint density at radius 3 is 2.04 bits per heavy atom. The molecule has 25 heavy (non-hydrogen) atoms. The number of carbonyl (C=O) groups excluding carboxylic acids is 1. The van der Waals surface area contributed by atoms with Crippen molar-refractivity contribution in [2.24, 2.45) is 0 Å². The molecule has 0 aromatic rings. The van der Waals surface area contributed by atoms with E-state index < -0.39 is 47.5 Å². The summed E-state index contributed by atoms with van der Waals surface area (Å²) in [5.74, 6) is -1.71. The highest BCUT2D eigenvalue weighted by atomic mass is 35.6. The lowest BCUT2D eigenvalue weighted by Crippen LogP contribution is -2.55. The van der Waals surface area contributed by atoms with Crippen LogP contribution in [0.3, 0.4) is 0 Å². The maximum atomic E-state index is 11.8. The molecule has 1 saturated heterocycles. The van der Waals surface area contributed by atoms with Crippen LogP contribution in [0.1, 0.15) is 0 Å². The minimum atomic E-state index is -3.43. The first-order chi connectivity index (χ1) is 11.3. The molecule has 2 aliphatic rings. The number of rotatable bonds is 3. The first kappa shape index (κ1) is 21.0. The van der Waals surface area contributed by atoms with Gasteiger partial charge in [0.15, 0.2) is 24.8 Å². The summed E-state index contributed by atoms with van der Waals surface area (Å²) in [4.78, 5) is 11.8. The van der Waals surface area contributed by atoms with E-state index in [2.05, 4.69) is 16.0 Å². The molecule has 0 aromatic heterocycles. The second-order valence-corrected chi connectivity index (χ2v) is 12.4. The molecular weight excluding hydrogens is 457 g/mol. The number of halogens is 3. The normalized spacial score (nSPS) is 30.0. The maximum Gasteiger partial charge on any atom is 0.272 e. The van der Waals surface area contributed by atoms with Crippen LogP contribution in [0.25, 0.3) is 0 Å². The van der Waals surface area contributed by atoms with E-state index in [9.17, 15) is 21.6 Å². The van der Waals surface area contributed by atoms with E-state index in [0.717, 1.165) is 5.41 Å². The van der Waals surface area contributed by atoms with Crippen molar-refractivity contribution in [2.45, 2.75) is 21.9 Å². The van der Waals surface area contributed by atoms with Gasteiger partial charge in [-0.15, -0.1) is 0 Å². The lowest BCUT2D eigenvalue weighted by molar-refractivity contribution is -0.120. The Labute approximate surface area is 165 Å². The number of carbonyl (C=O) groups is 1. The van der Waals surface area contributed by atoms with Crippen molar-refractivity contribution >= 4 is 77.7 Å². The molecular formula is C11H14Cl3N3O5S3. The van der Waals surface area contributed by atoms with E-state index >= 15 is 0 Å². The van der Waals surface area contributed by atoms with Gasteiger partial charge in [0.25, 0.3) is 9.70 Å². The van der Waals surface area contributed by atoms with Crippen LogP contribution in [0, 0.1) is 0 Å². The van der Waals surface area contributed by atoms with Crippen molar-refractivity contribution in [1.29, 1.82) is 0 Å². The predicted molar refractivity (Wildman–Crippen MR) is 100 cm³/mol. The lowest BCUT2D eigenvalue weighted by Gasteiger charge is -2.24. The molecule has 0 radical (unpaired) electrons. The first-order valence-electron chi connectivity index (χ1n) is 6.83. The molecule has 0 saturated carbocycles. The van der Waals surface area contributed by atoms with Gasteiger partial charge in [-0.2, -0.15) is 0 Å². The van der Waals surface area contributed by atoms with Crippen LogP contribution < -0.4 is 16.0 Å². The van der Waals surface area contributed by atoms with E-state index in [0.29, 0.717) is 0 Å². The van der Waals surface area contributed by atoms with E-state index in [1.165, 1.54) is 6.08 Å². The molecule has 8 nitrogen and oxygen atoms in total. The van der Waals surface area contributed by atoms with Crippen LogP contribution in [-0.2, 0) is 24.5 Å². The third-order valence-corrected chi connectivity index (χ3v) is 7.37. The monoisotopic (exact) mass is 469 g/mol. The molecule has 3 atom stereocenters. The first-order valence-corrected chi connectivity index (χ1v) is 11.9. The second kappa shape index (κ2) is 7.35. The van der Waals surface area contributed by atoms with Gasteiger partial charge in [0, 0.05) is 5.41 Å². The summed E-state index contributed by atoms with van der Waals surface area (Å²) in [5, 5.41) is 9.03. The quantitative estimate of drug-likeness (QED) is 0.370. The number of alkyl halides is 3. The topological polar surface area (TPSA) is 121 Å². The van der Waals surface area contributed by atoms with Gasteiger partial charge in [0.2, 0.25) is 0 Å². The Morgan fingerprint density at radius 1 is 1.00 bits per heavy atom. The van der Waals surface area contributed by atoms with Gasteiger partial charge in [-0.05, 0) is 18.3 Å². The van der Waals surface area contributed by atoms with E-state index in [-0.39, 0.29) is 22.4 Å². The summed E-state index contributed by atoms with van der Waals surface area (Å²) in [5.41, 5.74) is 0. The molecule has 0 bridgehead atoms. The van der Waals surface area contributed by atoms with Crippen LogP contribution >= 0.6 is 47.0 Å². The Morgan fingerprint density at radius 2 is 1.56 bits per heavy atom. The second-order valence-electron chi connectivity index (χ2n) is 5.64. The fraction of sp³-hybridized carbons (Fsp3) is 0.636. The number of thiocarbonyl (C=S) groups is 1. The average Bonchev–Trinajstić information content (AvgIpc) is 2.87. The van der Waals surface area contributed by atoms with Gasteiger partial charge in [-0.25, -0.2) is 16.8 Å². The third-order valence-electron chi connectivity index (χ3n) is 3.49. The van der Waals surface area contributed by atoms with E-state index in [1.54, 1.807) is 0 Å². The third kappa shape index (κ3) is 6.10. The van der Waals surface area contributed by atoms with Crippen molar-refractivity contribution in [2.75, 3.05) is 17.3 Å². The Bertz CT molecular complexity index is 807. The zero-order chi connectivity index (χ0) is 19.0. The summed E-state index contributed by atoms with van der Waals surface area (Å²) in [7, 11) is -6.69. The Hall–Kier alpha value is -0.330. The Kier molecular flexibility index (Phi) is 6.17. The maximum absolute atomic E-state index is 11.8. The van der Waals surface area contributed by atoms with Gasteiger partial charge >= 0.3 is 0 Å². The highest BCUT2D eigenvalue weighted by Gasteiger charge is 2.42. The molecule has 3 N–H and O–H groups in total.